The molecule has 1 saturated heterocycles. The first kappa shape index (κ1) is 17.4. The van der Waals surface area contributed by atoms with Crippen LogP contribution in [0.1, 0.15) is 56.9 Å². The van der Waals surface area contributed by atoms with Gasteiger partial charge in [-0.2, -0.15) is 0 Å². The van der Waals surface area contributed by atoms with Crippen LogP contribution >= 0.6 is 0 Å². The van der Waals surface area contributed by atoms with Gasteiger partial charge in [-0.1, -0.05) is 25.5 Å². The third kappa shape index (κ3) is 4.35. The minimum atomic E-state index is -0.202. The highest BCUT2D eigenvalue weighted by molar-refractivity contribution is 5.76. The fraction of sp³-hybridized carbons (Fsp3) is 0.650. The molecule has 0 spiro atoms. The van der Waals surface area contributed by atoms with Crippen LogP contribution in [0, 0.1) is 17.7 Å². The standard InChI is InChI=1S/C20H29FN2O/c1-14(16-4-3-11-22-13-16)12-20(24)23-19-6-2-5-18(19)15-7-9-17(21)10-8-15/h7-10,14,16,18-19,22H,2-6,11-13H2,1H3,(H,23,24)/t14-,16+,18+,19-/m1/s1. The first-order valence-electron chi connectivity index (χ1n) is 9.39. The Morgan fingerprint density at radius 2 is 2.04 bits per heavy atom. The van der Waals surface area contributed by atoms with Gasteiger partial charge in [-0.05, 0) is 68.3 Å². The van der Waals surface area contributed by atoms with Gasteiger partial charge < -0.3 is 10.6 Å². The van der Waals surface area contributed by atoms with Crippen LogP contribution in [0.4, 0.5) is 4.39 Å². The van der Waals surface area contributed by atoms with E-state index in [0.717, 1.165) is 37.9 Å². The maximum absolute atomic E-state index is 13.1. The lowest BCUT2D eigenvalue weighted by atomic mass is 9.85. The number of carbonyl (C=O) groups excluding carboxylic acids is 1. The maximum Gasteiger partial charge on any atom is 0.220 e. The van der Waals surface area contributed by atoms with E-state index in [9.17, 15) is 9.18 Å². The average Bonchev–Trinajstić information content (AvgIpc) is 3.04. The van der Waals surface area contributed by atoms with Crippen molar-refractivity contribution in [3.8, 4) is 0 Å². The number of carbonyl (C=O) groups is 1. The van der Waals surface area contributed by atoms with E-state index in [1.807, 2.05) is 12.1 Å². The molecule has 3 nitrogen and oxygen atoms in total. The van der Waals surface area contributed by atoms with Gasteiger partial charge >= 0.3 is 0 Å². The molecule has 1 amide bonds. The van der Waals surface area contributed by atoms with E-state index in [1.54, 1.807) is 0 Å². The third-order valence-corrected chi connectivity index (χ3v) is 5.81. The van der Waals surface area contributed by atoms with Gasteiger partial charge in [0.05, 0.1) is 0 Å². The molecule has 1 aromatic rings. The third-order valence-electron chi connectivity index (χ3n) is 5.81. The van der Waals surface area contributed by atoms with E-state index in [-0.39, 0.29) is 17.8 Å². The van der Waals surface area contributed by atoms with Crippen molar-refractivity contribution in [2.75, 3.05) is 13.1 Å². The lowest BCUT2D eigenvalue weighted by Crippen LogP contribution is -2.39. The summed E-state index contributed by atoms with van der Waals surface area (Å²) in [6, 6.07) is 6.95. The molecule has 2 aliphatic rings. The van der Waals surface area contributed by atoms with Gasteiger partial charge in [0.2, 0.25) is 5.91 Å². The molecule has 0 unspecified atom stereocenters. The average molecular weight is 332 g/mol. The van der Waals surface area contributed by atoms with Crippen molar-refractivity contribution in [2.45, 2.75) is 57.4 Å². The normalized spacial score (nSPS) is 28.5. The topological polar surface area (TPSA) is 41.1 Å². The molecular weight excluding hydrogens is 303 g/mol. The molecule has 1 heterocycles. The summed E-state index contributed by atoms with van der Waals surface area (Å²) in [7, 11) is 0. The largest absolute Gasteiger partial charge is 0.353 e. The van der Waals surface area contributed by atoms with Crippen LogP contribution in [0.25, 0.3) is 0 Å². The number of rotatable bonds is 5. The number of hydrogen-bond donors (Lipinski definition) is 2. The molecule has 2 N–H and O–H groups in total. The highest BCUT2D eigenvalue weighted by atomic mass is 19.1. The molecule has 132 valence electrons. The smallest absolute Gasteiger partial charge is 0.220 e. The summed E-state index contributed by atoms with van der Waals surface area (Å²) in [4.78, 5) is 12.5. The lowest BCUT2D eigenvalue weighted by Gasteiger charge is -2.29. The van der Waals surface area contributed by atoms with Gasteiger partial charge in [0, 0.05) is 18.4 Å². The molecule has 4 heteroatoms. The van der Waals surface area contributed by atoms with Gasteiger partial charge in [-0.15, -0.1) is 0 Å². The summed E-state index contributed by atoms with van der Waals surface area (Å²) in [5, 5.41) is 6.69. The van der Waals surface area contributed by atoms with E-state index < -0.39 is 0 Å². The van der Waals surface area contributed by atoms with Gasteiger partial charge in [-0.3, -0.25) is 4.79 Å². The van der Waals surface area contributed by atoms with Gasteiger partial charge in [0.25, 0.3) is 0 Å². The summed E-state index contributed by atoms with van der Waals surface area (Å²) in [5.74, 6) is 1.32. The molecule has 1 aliphatic carbocycles. The van der Waals surface area contributed by atoms with Gasteiger partial charge in [-0.25, -0.2) is 4.39 Å². The second-order valence-electron chi connectivity index (χ2n) is 7.55. The van der Waals surface area contributed by atoms with E-state index in [2.05, 4.69) is 17.6 Å². The predicted molar refractivity (Wildman–Crippen MR) is 94.3 cm³/mol. The van der Waals surface area contributed by atoms with Crippen molar-refractivity contribution in [1.29, 1.82) is 0 Å². The summed E-state index contributed by atoms with van der Waals surface area (Å²) in [6.45, 7) is 4.34. The van der Waals surface area contributed by atoms with E-state index >= 15 is 0 Å². The number of piperidine rings is 1. The monoisotopic (exact) mass is 332 g/mol. The Labute approximate surface area is 144 Å². The molecule has 0 bridgehead atoms. The SMILES string of the molecule is C[C@H](CC(=O)N[C@@H]1CCC[C@H]1c1ccc(F)cc1)[C@H]1CCCNC1. The fourth-order valence-corrected chi connectivity index (χ4v) is 4.33. The number of benzene rings is 1. The fourth-order valence-electron chi connectivity index (χ4n) is 4.33. The Morgan fingerprint density at radius 1 is 1.25 bits per heavy atom. The van der Waals surface area contributed by atoms with Crippen LogP contribution in [0.2, 0.25) is 0 Å². The molecular formula is C20H29FN2O. The second kappa shape index (κ2) is 8.11. The zero-order chi connectivity index (χ0) is 16.9. The Bertz CT molecular complexity index is 539. The highest BCUT2D eigenvalue weighted by Gasteiger charge is 2.30. The number of nitrogens with one attached hydrogen (secondary N) is 2. The van der Waals surface area contributed by atoms with Crippen LogP contribution in [0.3, 0.4) is 0 Å². The van der Waals surface area contributed by atoms with E-state index in [1.165, 1.54) is 25.0 Å². The van der Waals surface area contributed by atoms with E-state index in [0.29, 0.717) is 24.2 Å². The van der Waals surface area contributed by atoms with Crippen molar-refractivity contribution in [3.63, 3.8) is 0 Å². The van der Waals surface area contributed by atoms with Crippen LogP contribution < -0.4 is 10.6 Å². The minimum Gasteiger partial charge on any atom is -0.353 e. The van der Waals surface area contributed by atoms with Crippen LogP contribution in [0.15, 0.2) is 24.3 Å². The molecule has 4 atom stereocenters. The zero-order valence-corrected chi connectivity index (χ0v) is 14.6. The first-order chi connectivity index (χ1) is 11.6. The van der Waals surface area contributed by atoms with Crippen molar-refractivity contribution in [3.05, 3.63) is 35.6 Å². The number of halogens is 1. The summed E-state index contributed by atoms with van der Waals surface area (Å²) >= 11 is 0. The number of amides is 1. The minimum absolute atomic E-state index is 0.173. The van der Waals surface area contributed by atoms with Crippen LogP contribution in [-0.4, -0.2) is 25.0 Å². The molecule has 24 heavy (non-hydrogen) atoms. The predicted octanol–water partition coefficient (Wildman–Crippen LogP) is 3.60. The van der Waals surface area contributed by atoms with Crippen molar-refractivity contribution in [2.24, 2.45) is 11.8 Å². The van der Waals surface area contributed by atoms with Crippen LogP contribution in [-0.2, 0) is 4.79 Å². The summed E-state index contributed by atoms with van der Waals surface area (Å²) in [5.41, 5.74) is 1.14. The molecule has 3 rings (SSSR count). The molecule has 0 radical (unpaired) electrons. The molecule has 1 aromatic carbocycles. The van der Waals surface area contributed by atoms with E-state index in [4.69, 9.17) is 0 Å². The van der Waals surface area contributed by atoms with Crippen molar-refractivity contribution < 1.29 is 9.18 Å². The highest BCUT2D eigenvalue weighted by Crippen LogP contribution is 2.35. The zero-order valence-electron chi connectivity index (χ0n) is 14.6. The Morgan fingerprint density at radius 3 is 2.75 bits per heavy atom. The Balaban J connectivity index is 1.53. The van der Waals surface area contributed by atoms with Crippen molar-refractivity contribution >= 4 is 5.91 Å². The summed E-state index contributed by atoms with van der Waals surface area (Å²) in [6.07, 6.45) is 6.26. The van der Waals surface area contributed by atoms with Gasteiger partial charge in [0.15, 0.2) is 0 Å². The molecule has 0 aromatic heterocycles. The summed E-state index contributed by atoms with van der Waals surface area (Å²) < 4.78 is 13.1. The molecule has 2 fully saturated rings. The van der Waals surface area contributed by atoms with Crippen molar-refractivity contribution in [1.82, 2.24) is 10.6 Å². The Kier molecular flexibility index (Phi) is 5.88. The molecule has 1 saturated carbocycles. The Hall–Kier alpha value is -1.42. The maximum atomic E-state index is 13.1. The first-order valence-corrected chi connectivity index (χ1v) is 9.39. The number of hydrogen-bond acceptors (Lipinski definition) is 2. The van der Waals surface area contributed by atoms with Crippen LogP contribution in [0.5, 0.6) is 0 Å². The lowest BCUT2D eigenvalue weighted by molar-refractivity contribution is -0.123. The quantitative estimate of drug-likeness (QED) is 0.865. The van der Waals surface area contributed by atoms with Gasteiger partial charge in [0.1, 0.15) is 5.82 Å². The second-order valence-corrected chi connectivity index (χ2v) is 7.55. The molecule has 1 aliphatic heterocycles.